The number of aromatic amines is 1. The van der Waals surface area contributed by atoms with Gasteiger partial charge < -0.3 is 14.3 Å². The summed E-state index contributed by atoms with van der Waals surface area (Å²) in [6, 6.07) is 9.99. The first-order valence-corrected chi connectivity index (χ1v) is 11.0. The largest absolute Gasteiger partial charge is 0.411 e. The van der Waals surface area contributed by atoms with Crippen LogP contribution in [-0.2, 0) is 0 Å². The van der Waals surface area contributed by atoms with Gasteiger partial charge >= 0.3 is 11.8 Å². The predicted molar refractivity (Wildman–Crippen MR) is 117 cm³/mol. The Morgan fingerprint density at radius 1 is 1.21 bits per heavy atom. The number of H-pyrrole nitrogens is 1. The molecule has 164 valence electrons. The number of nitrogens with zero attached hydrogens (tertiary/aromatic N) is 6. The lowest BCUT2D eigenvalue weighted by Gasteiger charge is -2.35. The number of carbonyl (C=O) groups excluding carboxylic acids is 1. The molecule has 1 aromatic carbocycles. The van der Waals surface area contributed by atoms with E-state index in [1.807, 2.05) is 31.2 Å². The maximum atomic E-state index is 13.6. The summed E-state index contributed by atoms with van der Waals surface area (Å²) in [5.74, 6) is -1.02. The van der Waals surface area contributed by atoms with Crippen LogP contribution in [0, 0.1) is 5.82 Å². The number of aromatic nitrogens is 6. The van der Waals surface area contributed by atoms with E-state index in [0.29, 0.717) is 6.54 Å². The number of rotatable bonds is 3. The molecular weight excluding hydrogens is 445 g/mol. The summed E-state index contributed by atoms with van der Waals surface area (Å²) in [6.07, 6.45) is 2.69. The fourth-order valence-corrected chi connectivity index (χ4v) is 5.15. The van der Waals surface area contributed by atoms with Gasteiger partial charge in [-0.2, -0.15) is 0 Å². The quantitative estimate of drug-likeness (QED) is 0.433. The molecule has 33 heavy (non-hydrogen) atoms. The minimum Gasteiger partial charge on any atom is -0.411 e. The fraction of sp³-hybridized carbons (Fsp3) is 0.182. The molecule has 0 aliphatic carbocycles. The van der Waals surface area contributed by atoms with E-state index in [0.717, 1.165) is 32.8 Å². The third-order valence-electron chi connectivity index (χ3n) is 5.59. The molecule has 0 unspecified atom stereocenters. The summed E-state index contributed by atoms with van der Waals surface area (Å²) >= 11 is 1.52. The molecule has 1 N–H and O–H groups in total. The van der Waals surface area contributed by atoms with Crippen LogP contribution in [0.3, 0.4) is 0 Å². The van der Waals surface area contributed by atoms with Crippen molar-refractivity contribution in [2.24, 2.45) is 0 Å². The summed E-state index contributed by atoms with van der Waals surface area (Å²) < 4.78 is 19.8. The van der Waals surface area contributed by atoms with E-state index in [4.69, 9.17) is 9.40 Å². The molecule has 0 saturated heterocycles. The molecule has 1 amide bonds. The number of imidazole rings is 1. The van der Waals surface area contributed by atoms with E-state index in [1.165, 1.54) is 23.5 Å². The Morgan fingerprint density at radius 2 is 2.09 bits per heavy atom. The smallest absolute Gasteiger partial charge is 0.312 e. The monoisotopic (exact) mass is 461 g/mol. The van der Waals surface area contributed by atoms with Crippen molar-refractivity contribution in [1.29, 1.82) is 0 Å². The van der Waals surface area contributed by atoms with Crippen LogP contribution < -0.4 is 0 Å². The van der Waals surface area contributed by atoms with Crippen LogP contribution in [0.15, 0.2) is 53.3 Å². The zero-order valence-electron chi connectivity index (χ0n) is 17.3. The normalized spacial score (nSPS) is 17.9. The maximum Gasteiger partial charge on any atom is 0.312 e. The van der Waals surface area contributed by atoms with Crippen LogP contribution in [0.4, 0.5) is 4.39 Å². The molecular formula is C22H16FN7O2S. The van der Waals surface area contributed by atoms with E-state index in [-0.39, 0.29) is 23.4 Å². The highest BCUT2D eigenvalue weighted by atomic mass is 32.1. The number of thiazole rings is 1. The van der Waals surface area contributed by atoms with Crippen LogP contribution in [-0.4, -0.2) is 47.5 Å². The molecule has 0 spiro atoms. The van der Waals surface area contributed by atoms with Gasteiger partial charge in [-0.1, -0.05) is 19.1 Å². The van der Waals surface area contributed by atoms with Crippen molar-refractivity contribution in [2.45, 2.75) is 18.9 Å². The van der Waals surface area contributed by atoms with E-state index in [9.17, 15) is 9.18 Å². The Balaban J connectivity index is 1.41. The SMILES string of the molecule is C[C@@H]1CN(C(=O)c2nnc(-c3ccc(F)cn3)o2)[C@H](c2nc3ccccc3s2)c2nc[nH]c21. The Labute approximate surface area is 190 Å². The van der Waals surface area contributed by atoms with Crippen LogP contribution in [0.5, 0.6) is 0 Å². The van der Waals surface area contributed by atoms with Crippen LogP contribution in [0.25, 0.3) is 21.8 Å². The van der Waals surface area contributed by atoms with Gasteiger partial charge in [-0.3, -0.25) is 4.79 Å². The molecule has 11 heteroatoms. The van der Waals surface area contributed by atoms with Gasteiger partial charge in [-0.15, -0.1) is 21.5 Å². The van der Waals surface area contributed by atoms with Crippen molar-refractivity contribution >= 4 is 27.5 Å². The van der Waals surface area contributed by atoms with Crippen LogP contribution in [0.2, 0.25) is 0 Å². The molecule has 2 atom stereocenters. The number of hydrogen-bond donors (Lipinski definition) is 1. The number of nitrogens with one attached hydrogen (secondary N) is 1. The Hall–Kier alpha value is -3.99. The first-order chi connectivity index (χ1) is 16.1. The van der Waals surface area contributed by atoms with Gasteiger partial charge in [0.2, 0.25) is 0 Å². The first-order valence-electron chi connectivity index (χ1n) is 10.2. The lowest BCUT2D eigenvalue weighted by molar-refractivity contribution is 0.0633. The number of amides is 1. The third-order valence-corrected chi connectivity index (χ3v) is 6.68. The van der Waals surface area contributed by atoms with Crippen LogP contribution in [0.1, 0.15) is 46.0 Å². The molecule has 1 aliphatic heterocycles. The topological polar surface area (TPSA) is 114 Å². The van der Waals surface area contributed by atoms with Gasteiger partial charge in [0.25, 0.3) is 5.89 Å². The number of fused-ring (bicyclic) bond motifs is 2. The molecule has 0 saturated carbocycles. The summed E-state index contributed by atoms with van der Waals surface area (Å²) in [6.45, 7) is 2.44. The highest BCUT2D eigenvalue weighted by Gasteiger charge is 2.41. The standard InChI is InChI=1S/C22H16FN7O2S/c1-11-9-30(22(31)20-29-28-19(32-20)14-7-6-12(23)8-24-14)18(17-16(11)25-10-26-17)21-27-13-4-2-3-5-15(13)33-21/h2-8,10-11,18H,9H2,1H3,(H,25,26)/t11-,18+/m1/s1. The Morgan fingerprint density at radius 3 is 2.91 bits per heavy atom. The summed E-state index contributed by atoms with van der Waals surface area (Å²) in [5, 5.41) is 8.63. The van der Waals surface area contributed by atoms with E-state index < -0.39 is 17.8 Å². The second kappa shape index (κ2) is 7.55. The van der Waals surface area contributed by atoms with E-state index in [2.05, 4.69) is 25.1 Å². The number of pyridine rings is 1. The number of carbonyl (C=O) groups is 1. The molecule has 4 aromatic heterocycles. The molecule has 0 fully saturated rings. The molecule has 9 nitrogen and oxygen atoms in total. The molecule has 5 heterocycles. The average molecular weight is 461 g/mol. The van der Waals surface area contributed by atoms with Gasteiger partial charge in [0, 0.05) is 18.2 Å². The van der Waals surface area contributed by atoms with Gasteiger partial charge in [0.05, 0.1) is 28.4 Å². The Kier molecular flexibility index (Phi) is 4.50. The molecule has 1 aliphatic rings. The third kappa shape index (κ3) is 3.28. The van der Waals surface area contributed by atoms with Gasteiger partial charge in [-0.05, 0) is 24.3 Å². The second-order valence-electron chi connectivity index (χ2n) is 7.76. The molecule has 0 radical (unpaired) electrons. The number of benzene rings is 1. The number of halogens is 1. The van der Waals surface area contributed by atoms with Crippen LogP contribution >= 0.6 is 11.3 Å². The highest BCUT2D eigenvalue weighted by Crippen LogP contribution is 2.41. The zero-order valence-corrected chi connectivity index (χ0v) is 18.1. The van der Waals surface area contributed by atoms with Crippen molar-refractivity contribution < 1.29 is 13.6 Å². The second-order valence-corrected chi connectivity index (χ2v) is 8.82. The molecule has 0 bridgehead atoms. The lowest BCUT2D eigenvalue weighted by atomic mass is 9.95. The Bertz CT molecular complexity index is 1440. The highest BCUT2D eigenvalue weighted by molar-refractivity contribution is 7.18. The first kappa shape index (κ1) is 19.7. The average Bonchev–Trinajstić information content (AvgIpc) is 3.58. The van der Waals surface area contributed by atoms with Crippen molar-refractivity contribution in [3.05, 3.63) is 77.0 Å². The zero-order chi connectivity index (χ0) is 22.5. The molecule has 5 aromatic rings. The van der Waals surface area contributed by atoms with Gasteiger partial charge in [0.1, 0.15) is 22.6 Å². The number of para-hydroxylation sites is 1. The van der Waals surface area contributed by atoms with E-state index >= 15 is 0 Å². The van der Waals surface area contributed by atoms with Crippen molar-refractivity contribution in [3.8, 4) is 11.6 Å². The predicted octanol–water partition coefficient (Wildman–Crippen LogP) is 3.95. The number of hydrogen-bond acceptors (Lipinski definition) is 8. The molecule has 6 rings (SSSR count). The minimum absolute atomic E-state index is 0.0261. The van der Waals surface area contributed by atoms with Gasteiger partial charge in [-0.25, -0.2) is 19.3 Å². The van der Waals surface area contributed by atoms with Crippen molar-refractivity contribution in [2.75, 3.05) is 6.54 Å². The maximum absolute atomic E-state index is 13.6. The lowest BCUT2D eigenvalue weighted by Crippen LogP contribution is -2.42. The van der Waals surface area contributed by atoms with Crippen molar-refractivity contribution in [1.82, 2.24) is 35.0 Å². The minimum atomic E-state index is -0.494. The fourth-order valence-electron chi connectivity index (χ4n) is 4.06. The summed E-state index contributed by atoms with van der Waals surface area (Å²) in [7, 11) is 0. The summed E-state index contributed by atoms with van der Waals surface area (Å²) in [5.41, 5.74) is 2.88. The van der Waals surface area contributed by atoms with E-state index in [1.54, 1.807) is 11.2 Å². The summed E-state index contributed by atoms with van der Waals surface area (Å²) in [4.78, 5) is 31.7. The van der Waals surface area contributed by atoms with Crippen molar-refractivity contribution in [3.63, 3.8) is 0 Å². The van der Waals surface area contributed by atoms with Gasteiger partial charge in [0.15, 0.2) is 0 Å².